The number of hydrogen-bond acceptors (Lipinski definition) is 6. The molecule has 2 aromatic rings. The molecular formula is C15H18N4O3S2. The van der Waals surface area contributed by atoms with Crippen LogP contribution in [-0.2, 0) is 14.8 Å². The minimum absolute atomic E-state index is 0.0714. The van der Waals surface area contributed by atoms with E-state index in [0.29, 0.717) is 24.1 Å². The zero-order valence-corrected chi connectivity index (χ0v) is 15.1. The van der Waals surface area contributed by atoms with Crippen molar-refractivity contribution in [3.05, 3.63) is 29.8 Å². The molecule has 3 rings (SSSR count). The fourth-order valence-electron chi connectivity index (χ4n) is 2.62. The number of piperazine rings is 1. The zero-order valence-electron chi connectivity index (χ0n) is 13.5. The molecule has 1 fully saturated rings. The first-order chi connectivity index (χ1) is 11.4. The highest BCUT2D eigenvalue weighted by Gasteiger charge is 2.31. The van der Waals surface area contributed by atoms with Crippen LogP contribution in [0.5, 0.6) is 0 Å². The monoisotopic (exact) mass is 366 g/mol. The number of hydrogen-bond donors (Lipinski definition) is 0. The molecule has 0 N–H and O–H groups in total. The summed E-state index contributed by atoms with van der Waals surface area (Å²) < 4.78 is 35.4. The quantitative estimate of drug-likeness (QED) is 0.769. The molecule has 0 unspecified atom stereocenters. The number of nitrogens with zero attached hydrogens (tertiary/aromatic N) is 4. The van der Waals surface area contributed by atoms with E-state index in [2.05, 4.69) is 8.75 Å². The van der Waals surface area contributed by atoms with Gasteiger partial charge in [-0.2, -0.15) is 13.1 Å². The summed E-state index contributed by atoms with van der Waals surface area (Å²) in [5, 5.41) is 0. The van der Waals surface area contributed by atoms with E-state index in [0.717, 1.165) is 17.3 Å². The van der Waals surface area contributed by atoms with Gasteiger partial charge in [0, 0.05) is 32.3 Å². The van der Waals surface area contributed by atoms with Crippen molar-refractivity contribution < 1.29 is 13.2 Å². The lowest BCUT2D eigenvalue weighted by Crippen LogP contribution is -2.50. The molecule has 0 saturated carbocycles. The van der Waals surface area contributed by atoms with Gasteiger partial charge >= 0.3 is 0 Å². The second-order valence-electron chi connectivity index (χ2n) is 5.84. The largest absolute Gasteiger partial charge is 0.337 e. The van der Waals surface area contributed by atoms with Gasteiger partial charge in [-0.05, 0) is 26.0 Å². The molecule has 1 amide bonds. The third-order valence-corrected chi connectivity index (χ3v) is 6.30. The van der Waals surface area contributed by atoms with Gasteiger partial charge in [-0.1, -0.05) is 11.6 Å². The van der Waals surface area contributed by atoms with Crippen molar-refractivity contribution in [1.82, 2.24) is 18.0 Å². The molecule has 1 aromatic carbocycles. The Hall–Kier alpha value is -1.84. The van der Waals surface area contributed by atoms with Crippen LogP contribution in [0.2, 0.25) is 0 Å². The molecule has 1 aromatic heterocycles. The Morgan fingerprint density at radius 3 is 2.54 bits per heavy atom. The SMILES string of the molecule is CC(C)=CC(=O)N1CCN(S(=O)(=O)c2cccc3nsnc23)CC1. The van der Waals surface area contributed by atoms with E-state index in [1.807, 2.05) is 13.8 Å². The van der Waals surface area contributed by atoms with Gasteiger partial charge < -0.3 is 4.90 Å². The highest BCUT2D eigenvalue weighted by atomic mass is 32.2. The lowest BCUT2D eigenvalue weighted by atomic mass is 10.3. The summed E-state index contributed by atoms with van der Waals surface area (Å²) in [5.41, 5.74) is 1.92. The van der Waals surface area contributed by atoms with Crippen molar-refractivity contribution in [1.29, 1.82) is 0 Å². The van der Waals surface area contributed by atoms with E-state index in [1.54, 1.807) is 29.2 Å². The highest BCUT2D eigenvalue weighted by Crippen LogP contribution is 2.25. The standard InChI is InChI=1S/C15H18N4O3S2/c1-11(2)10-14(20)18-6-8-19(9-7-18)24(21,22)13-5-3-4-12-15(13)17-23-16-12/h3-5,10H,6-9H2,1-2H3. The maximum Gasteiger partial charge on any atom is 0.246 e. The molecule has 128 valence electrons. The van der Waals surface area contributed by atoms with Gasteiger partial charge in [0.2, 0.25) is 15.9 Å². The molecule has 0 bridgehead atoms. The first kappa shape index (κ1) is 17.0. The fraction of sp³-hybridized carbons (Fsp3) is 0.400. The number of sulfonamides is 1. The van der Waals surface area contributed by atoms with Gasteiger partial charge in [0.05, 0.1) is 11.7 Å². The van der Waals surface area contributed by atoms with Crippen LogP contribution in [0.15, 0.2) is 34.7 Å². The topological polar surface area (TPSA) is 83.5 Å². The Morgan fingerprint density at radius 1 is 1.17 bits per heavy atom. The predicted octanol–water partition coefficient (Wildman–Crippen LogP) is 1.49. The van der Waals surface area contributed by atoms with Gasteiger partial charge in [0.25, 0.3) is 0 Å². The normalized spacial score (nSPS) is 16.3. The molecule has 2 heterocycles. The molecule has 0 atom stereocenters. The summed E-state index contributed by atoms with van der Waals surface area (Å²) in [6.45, 7) is 5.04. The van der Waals surface area contributed by atoms with Gasteiger partial charge in [-0.3, -0.25) is 4.79 Å². The Morgan fingerprint density at radius 2 is 1.88 bits per heavy atom. The smallest absolute Gasteiger partial charge is 0.246 e. The maximum absolute atomic E-state index is 12.9. The van der Waals surface area contributed by atoms with Crippen molar-refractivity contribution in [2.75, 3.05) is 26.2 Å². The molecule has 1 aliphatic heterocycles. The molecule has 0 radical (unpaired) electrons. The van der Waals surface area contributed by atoms with Gasteiger partial charge in [0.15, 0.2) is 0 Å². The van der Waals surface area contributed by atoms with Crippen LogP contribution in [-0.4, -0.2) is 58.5 Å². The molecule has 1 saturated heterocycles. The number of rotatable bonds is 3. The lowest BCUT2D eigenvalue weighted by molar-refractivity contribution is -0.127. The van der Waals surface area contributed by atoms with Crippen LogP contribution < -0.4 is 0 Å². The minimum Gasteiger partial charge on any atom is -0.337 e. The first-order valence-electron chi connectivity index (χ1n) is 7.55. The van der Waals surface area contributed by atoms with Crippen molar-refractivity contribution >= 4 is 38.7 Å². The molecular weight excluding hydrogens is 348 g/mol. The zero-order chi connectivity index (χ0) is 17.3. The number of aromatic nitrogens is 2. The summed E-state index contributed by atoms with van der Waals surface area (Å²) in [6.07, 6.45) is 1.58. The second kappa shape index (κ2) is 6.58. The van der Waals surface area contributed by atoms with Gasteiger partial charge in [-0.15, -0.1) is 0 Å². The second-order valence-corrected chi connectivity index (χ2v) is 8.27. The Kier molecular flexibility index (Phi) is 4.66. The summed E-state index contributed by atoms with van der Waals surface area (Å²) in [7, 11) is -3.65. The maximum atomic E-state index is 12.9. The van der Waals surface area contributed by atoms with Crippen molar-refractivity contribution in [2.24, 2.45) is 0 Å². The van der Waals surface area contributed by atoms with E-state index in [4.69, 9.17) is 0 Å². The average Bonchev–Trinajstić information content (AvgIpc) is 3.02. The summed E-state index contributed by atoms with van der Waals surface area (Å²) in [5.74, 6) is -0.0714. The van der Waals surface area contributed by atoms with Crippen LogP contribution in [0.25, 0.3) is 11.0 Å². The molecule has 9 heteroatoms. The predicted molar refractivity (Wildman–Crippen MR) is 92.2 cm³/mol. The van der Waals surface area contributed by atoms with Crippen LogP contribution >= 0.6 is 11.7 Å². The first-order valence-corrected chi connectivity index (χ1v) is 9.72. The third-order valence-electron chi connectivity index (χ3n) is 3.83. The number of allylic oxidation sites excluding steroid dienone is 1. The molecule has 24 heavy (non-hydrogen) atoms. The molecule has 0 spiro atoms. The van der Waals surface area contributed by atoms with E-state index >= 15 is 0 Å². The van der Waals surface area contributed by atoms with Gasteiger partial charge in [0.1, 0.15) is 15.9 Å². The number of amides is 1. The Balaban J connectivity index is 1.80. The summed E-state index contributed by atoms with van der Waals surface area (Å²) in [6, 6.07) is 4.97. The van der Waals surface area contributed by atoms with Crippen molar-refractivity contribution in [3.8, 4) is 0 Å². The van der Waals surface area contributed by atoms with Crippen molar-refractivity contribution in [3.63, 3.8) is 0 Å². The summed E-state index contributed by atoms with van der Waals surface area (Å²) >= 11 is 0.997. The van der Waals surface area contributed by atoms with E-state index in [9.17, 15) is 13.2 Å². The van der Waals surface area contributed by atoms with Crippen LogP contribution in [0, 0.1) is 0 Å². The highest BCUT2D eigenvalue weighted by molar-refractivity contribution is 7.89. The fourth-order valence-corrected chi connectivity index (χ4v) is 4.79. The van der Waals surface area contributed by atoms with E-state index in [-0.39, 0.29) is 23.9 Å². The van der Waals surface area contributed by atoms with Crippen LogP contribution in [0.3, 0.4) is 0 Å². The van der Waals surface area contributed by atoms with E-state index in [1.165, 1.54) is 4.31 Å². The molecule has 0 aliphatic carbocycles. The number of carbonyl (C=O) groups excluding carboxylic acids is 1. The van der Waals surface area contributed by atoms with Crippen molar-refractivity contribution in [2.45, 2.75) is 18.7 Å². The molecule has 1 aliphatic rings. The Labute approximate surface area is 145 Å². The van der Waals surface area contributed by atoms with Crippen LogP contribution in [0.4, 0.5) is 0 Å². The minimum atomic E-state index is -3.65. The lowest BCUT2D eigenvalue weighted by Gasteiger charge is -2.33. The number of carbonyl (C=O) groups is 1. The van der Waals surface area contributed by atoms with E-state index < -0.39 is 10.0 Å². The van der Waals surface area contributed by atoms with Crippen LogP contribution in [0.1, 0.15) is 13.8 Å². The van der Waals surface area contributed by atoms with Gasteiger partial charge in [-0.25, -0.2) is 8.42 Å². The number of fused-ring (bicyclic) bond motifs is 1. The average molecular weight is 366 g/mol. The number of benzene rings is 1. The summed E-state index contributed by atoms with van der Waals surface area (Å²) in [4.78, 5) is 13.9. The Bertz CT molecular complexity index is 892. The third kappa shape index (κ3) is 3.19. The molecule has 7 nitrogen and oxygen atoms in total.